The third kappa shape index (κ3) is 2.51. The van der Waals surface area contributed by atoms with Crippen molar-refractivity contribution in [1.29, 1.82) is 0 Å². The first-order valence-corrected chi connectivity index (χ1v) is 9.49. The molecule has 1 fully saturated rings. The van der Waals surface area contributed by atoms with Crippen LogP contribution in [0.3, 0.4) is 0 Å². The summed E-state index contributed by atoms with van der Waals surface area (Å²) in [5.41, 5.74) is 3.00. The Morgan fingerprint density at radius 1 is 1.30 bits per heavy atom. The topological polar surface area (TPSA) is 95.1 Å². The number of rotatable bonds is 3. The first-order valence-electron chi connectivity index (χ1n) is 9.08. The number of methoxy groups -OCH3 is 1. The number of aromatic hydroxyl groups is 1. The summed E-state index contributed by atoms with van der Waals surface area (Å²) in [5.74, 6) is 0.759. The van der Waals surface area contributed by atoms with Gasteiger partial charge in [-0.05, 0) is 55.2 Å². The van der Waals surface area contributed by atoms with Crippen LogP contribution in [-0.2, 0) is 6.42 Å². The van der Waals surface area contributed by atoms with E-state index >= 15 is 0 Å². The molecule has 4 N–H and O–H groups in total. The van der Waals surface area contributed by atoms with E-state index in [9.17, 15) is 9.90 Å². The number of ether oxygens (including phenoxy) is 1. The smallest absolute Gasteiger partial charge is 0.260 e. The van der Waals surface area contributed by atoms with Gasteiger partial charge in [0.25, 0.3) is 5.56 Å². The summed E-state index contributed by atoms with van der Waals surface area (Å²) in [7, 11) is 1.65. The molecule has 0 bridgehead atoms. The summed E-state index contributed by atoms with van der Waals surface area (Å²) in [6.07, 6.45) is 2.76. The predicted octanol–water partition coefficient (Wildman–Crippen LogP) is 2.67. The Labute approximate surface area is 160 Å². The fraction of sp³-hybridized carbons (Fsp3) is 0.368. The molecule has 8 heteroatoms. The molecule has 0 spiro atoms. The molecular weight excluding hydrogens is 364 g/mol. The monoisotopic (exact) mass is 384 g/mol. The summed E-state index contributed by atoms with van der Waals surface area (Å²) < 4.78 is 7.31. The average Bonchev–Trinajstić information content (AvgIpc) is 3.41. The number of hydrogen-bond donors (Lipinski definition) is 4. The van der Waals surface area contributed by atoms with Gasteiger partial charge in [0.1, 0.15) is 11.3 Å². The molecule has 1 aromatic carbocycles. The number of aromatic amines is 2. The third-order valence-electron chi connectivity index (χ3n) is 5.51. The maximum Gasteiger partial charge on any atom is 0.260 e. The maximum atomic E-state index is 12.7. The molecule has 2 aromatic heterocycles. The van der Waals surface area contributed by atoms with Crippen LogP contribution >= 0.6 is 12.2 Å². The van der Waals surface area contributed by atoms with Crippen LogP contribution in [0.15, 0.2) is 23.0 Å². The largest absolute Gasteiger partial charge is 0.497 e. The molecule has 3 aromatic rings. The molecule has 0 saturated heterocycles. The van der Waals surface area contributed by atoms with Gasteiger partial charge >= 0.3 is 0 Å². The fourth-order valence-electron chi connectivity index (χ4n) is 4.06. The zero-order chi connectivity index (χ0) is 18.7. The second-order valence-electron chi connectivity index (χ2n) is 7.16. The van der Waals surface area contributed by atoms with Gasteiger partial charge in [-0.3, -0.25) is 14.3 Å². The number of hydrogen-bond acceptors (Lipinski definition) is 5. The minimum absolute atomic E-state index is 0.0344. The van der Waals surface area contributed by atoms with Gasteiger partial charge in [-0.1, -0.05) is 0 Å². The molecule has 0 unspecified atom stereocenters. The normalized spacial score (nSPS) is 19.2. The van der Waals surface area contributed by atoms with Crippen LogP contribution in [0.4, 0.5) is 0 Å². The molecule has 27 heavy (non-hydrogen) atoms. The van der Waals surface area contributed by atoms with Crippen molar-refractivity contribution >= 4 is 23.1 Å². The molecule has 2 aliphatic rings. The summed E-state index contributed by atoms with van der Waals surface area (Å²) >= 11 is 5.27. The van der Waals surface area contributed by atoms with Gasteiger partial charge in [0, 0.05) is 29.2 Å². The summed E-state index contributed by atoms with van der Waals surface area (Å²) in [6, 6.07) is 5.64. The second-order valence-corrected chi connectivity index (χ2v) is 7.55. The van der Waals surface area contributed by atoms with Crippen molar-refractivity contribution in [2.75, 3.05) is 13.7 Å². The SMILES string of the molecule is COc1ccc2[nH]c3c(c2c1)CCN[C@@H]3c1c(O)n(C2CC2)c(=S)[nH]c1=O. The second kappa shape index (κ2) is 5.97. The van der Waals surface area contributed by atoms with Crippen molar-refractivity contribution < 1.29 is 9.84 Å². The van der Waals surface area contributed by atoms with Crippen LogP contribution in [0.25, 0.3) is 10.9 Å². The first-order chi connectivity index (χ1) is 13.1. The first kappa shape index (κ1) is 16.6. The number of nitrogens with one attached hydrogen (secondary N) is 3. The molecule has 5 rings (SSSR count). The van der Waals surface area contributed by atoms with Crippen molar-refractivity contribution in [3.63, 3.8) is 0 Å². The molecule has 7 nitrogen and oxygen atoms in total. The van der Waals surface area contributed by atoms with E-state index < -0.39 is 6.04 Å². The van der Waals surface area contributed by atoms with E-state index in [0.717, 1.165) is 47.2 Å². The Morgan fingerprint density at radius 3 is 2.85 bits per heavy atom. The molecule has 1 aliphatic heterocycles. The summed E-state index contributed by atoms with van der Waals surface area (Å²) in [4.78, 5) is 18.9. The number of nitrogens with zero attached hydrogens (tertiary/aromatic N) is 1. The number of aromatic nitrogens is 3. The Hall–Kier alpha value is -2.58. The molecule has 0 amide bonds. The number of H-pyrrole nitrogens is 2. The van der Waals surface area contributed by atoms with E-state index in [1.165, 1.54) is 0 Å². The molecule has 1 aliphatic carbocycles. The Balaban J connectivity index is 1.72. The molecule has 3 heterocycles. The lowest BCUT2D eigenvalue weighted by Gasteiger charge is -2.25. The van der Waals surface area contributed by atoms with Crippen LogP contribution in [0.2, 0.25) is 0 Å². The zero-order valence-corrected chi connectivity index (χ0v) is 15.7. The van der Waals surface area contributed by atoms with Crippen molar-refractivity contribution in [3.8, 4) is 11.6 Å². The highest BCUT2D eigenvalue weighted by atomic mass is 32.1. The lowest BCUT2D eigenvalue weighted by molar-refractivity contribution is 0.387. The lowest BCUT2D eigenvalue weighted by atomic mass is 9.95. The van der Waals surface area contributed by atoms with Crippen molar-refractivity contribution in [3.05, 3.63) is 50.1 Å². The third-order valence-corrected chi connectivity index (χ3v) is 5.81. The van der Waals surface area contributed by atoms with Crippen LogP contribution < -0.4 is 15.6 Å². The van der Waals surface area contributed by atoms with Crippen molar-refractivity contribution in [1.82, 2.24) is 19.9 Å². The summed E-state index contributed by atoms with van der Waals surface area (Å²) in [5, 5.41) is 15.4. The van der Waals surface area contributed by atoms with Crippen LogP contribution in [-0.4, -0.2) is 33.3 Å². The van der Waals surface area contributed by atoms with Gasteiger partial charge in [0.15, 0.2) is 4.77 Å². The van der Waals surface area contributed by atoms with Crippen LogP contribution in [0.5, 0.6) is 11.6 Å². The highest BCUT2D eigenvalue weighted by Gasteiger charge is 2.34. The van der Waals surface area contributed by atoms with Crippen LogP contribution in [0.1, 0.15) is 41.7 Å². The van der Waals surface area contributed by atoms with E-state index in [2.05, 4.69) is 15.3 Å². The van der Waals surface area contributed by atoms with Crippen molar-refractivity contribution in [2.45, 2.75) is 31.3 Å². The molecule has 1 atom stereocenters. The van der Waals surface area contributed by atoms with Gasteiger partial charge in [0.2, 0.25) is 5.88 Å². The van der Waals surface area contributed by atoms with E-state index in [0.29, 0.717) is 12.1 Å². The van der Waals surface area contributed by atoms with E-state index in [-0.39, 0.29) is 22.3 Å². The van der Waals surface area contributed by atoms with Crippen LogP contribution in [0, 0.1) is 4.77 Å². The minimum atomic E-state index is -0.420. The number of fused-ring (bicyclic) bond motifs is 3. The van der Waals surface area contributed by atoms with Gasteiger partial charge in [-0.2, -0.15) is 0 Å². The minimum Gasteiger partial charge on any atom is -0.497 e. The fourth-order valence-corrected chi connectivity index (χ4v) is 4.39. The van der Waals surface area contributed by atoms with E-state index in [1.807, 2.05) is 18.2 Å². The van der Waals surface area contributed by atoms with Gasteiger partial charge < -0.3 is 20.1 Å². The van der Waals surface area contributed by atoms with E-state index in [1.54, 1.807) is 11.7 Å². The highest BCUT2D eigenvalue weighted by molar-refractivity contribution is 7.71. The summed E-state index contributed by atoms with van der Waals surface area (Å²) in [6.45, 7) is 0.708. The van der Waals surface area contributed by atoms with Gasteiger partial charge in [-0.15, -0.1) is 0 Å². The Bertz CT molecular complexity index is 1170. The zero-order valence-electron chi connectivity index (χ0n) is 14.8. The highest BCUT2D eigenvalue weighted by Crippen LogP contribution is 2.41. The Morgan fingerprint density at radius 2 is 2.11 bits per heavy atom. The van der Waals surface area contributed by atoms with Gasteiger partial charge in [0.05, 0.1) is 13.2 Å². The standard InChI is InChI=1S/C19H20N4O3S/c1-26-10-4-5-13-12(8-10)11-6-7-20-16(15(11)21-13)14-17(24)22-19(27)23(18(14)25)9-2-3-9/h4-5,8-9,16,20-21,25H,2-3,6-7H2,1H3,(H,22,24,27)/t16-/m1/s1. The average molecular weight is 384 g/mol. The maximum absolute atomic E-state index is 12.7. The molecule has 140 valence electrons. The molecule has 1 saturated carbocycles. The quantitative estimate of drug-likeness (QED) is 0.521. The molecule has 0 radical (unpaired) electrons. The Kier molecular flexibility index (Phi) is 3.66. The van der Waals surface area contributed by atoms with E-state index in [4.69, 9.17) is 17.0 Å². The number of benzene rings is 1. The van der Waals surface area contributed by atoms with Gasteiger partial charge in [-0.25, -0.2) is 0 Å². The molecular formula is C19H20N4O3S. The lowest BCUT2D eigenvalue weighted by Crippen LogP contribution is -2.35. The van der Waals surface area contributed by atoms with Crippen molar-refractivity contribution in [2.24, 2.45) is 0 Å². The predicted molar refractivity (Wildman–Crippen MR) is 104 cm³/mol.